The quantitative estimate of drug-likeness (QED) is 0.755. The fraction of sp³-hybridized carbons (Fsp3) is 0.846. The van der Waals surface area contributed by atoms with E-state index in [0.29, 0.717) is 6.54 Å². The summed E-state index contributed by atoms with van der Waals surface area (Å²) in [6.07, 6.45) is 2.33. The average Bonchev–Trinajstić information content (AvgIpc) is 2.25. The van der Waals surface area contributed by atoms with Crippen LogP contribution in [0.2, 0.25) is 0 Å². The SMILES string of the molecule is COC(=O)C(CN1CCCC(C)(C)C1)NC(C)=O. The Kier molecular flexibility index (Phi) is 5.14. The summed E-state index contributed by atoms with van der Waals surface area (Å²) in [6.45, 7) is 8.30. The molecule has 5 nitrogen and oxygen atoms in total. The highest BCUT2D eigenvalue weighted by Gasteiger charge is 2.30. The monoisotopic (exact) mass is 256 g/mol. The second kappa shape index (κ2) is 6.18. The number of esters is 1. The Labute approximate surface area is 109 Å². The van der Waals surface area contributed by atoms with Crippen molar-refractivity contribution in [2.45, 2.75) is 39.7 Å². The molecule has 18 heavy (non-hydrogen) atoms. The first kappa shape index (κ1) is 15.0. The zero-order valence-corrected chi connectivity index (χ0v) is 11.8. The van der Waals surface area contributed by atoms with Crippen molar-refractivity contribution in [3.63, 3.8) is 0 Å². The van der Waals surface area contributed by atoms with Crippen molar-refractivity contribution >= 4 is 11.9 Å². The van der Waals surface area contributed by atoms with Gasteiger partial charge in [0.05, 0.1) is 7.11 Å². The van der Waals surface area contributed by atoms with Gasteiger partial charge in [0.1, 0.15) is 6.04 Å². The van der Waals surface area contributed by atoms with Crippen LogP contribution in [0.5, 0.6) is 0 Å². The van der Waals surface area contributed by atoms with Gasteiger partial charge in [0.15, 0.2) is 0 Å². The van der Waals surface area contributed by atoms with Gasteiger partial charge >= 0.3 is 5.97 Å². The number of carbonyl (C=O) groups is 2. The van der Waals surface area contributed by atoms with E-state index in [9.17, 15) is 9.59 Å². The molecule has 0 aromatic carbocycles. The Balaban J connectivity index is 2.59. The Bertz CT molecular complexity index is 315. The van der Waals surface area contributed by atoms with Crippen molar-refractivity contribution in [3.05, 3.63) is 0 Å². The van der Waals surface area contributed by atoms with Gasteiger partial charge < -0.3 is 15.0 Å². The van der Waals surface area contributed by atoms with E-state index in [1.54, 1.807) is 0 Å². The van der Waals surface area contributed by atoms with Crippen molar-refractivity contribution in [1.82, 2.24) is 10.2 Å². The van der Waals surface area contributed by atoms with Crippen LogP contribution in [-0.4, -0.2) is 49.6 Å². The minimum absolute atomic E-state index is 0.207. The summed E-state index contributed by atoms with van der Waals surface area (Å²) in [6, 6.07) is -0.568. The van der Waals surface area contributed by atoms with E-state index >= 15 is 0 Å². The number of hydrogen-bond donors (Lipinski definition) is 1. The molecule has 0 radical (unpaired) electrons. The fourth-order valence-electron chi connectivity index (χ4n) is 2.53. The molecule has 1 N–H and O–H groups in total. The summed E-state index contributed by atoms with van der Waals surface area (Å²) in [4.78, 5) is 24.9. The highest BCUT2D eigenvalue weighted by Crippen LogP contribution is 2.28. The molecule has 1 unspecified atom stereocenters. The number of nitrogens with one attached hydrogen (secondary N) is 1. The van der Waals surface area contributed by atoms with Crippen LogP contribution in [0, 0.1) is 5.41 Å². The molecule has 1 rings (SSSR count). The molecule has 1 aliphatic heterocycles. The molecule has 1 heterocycles. The first-order chi connectivity index (χ1) is 8.34. The van der Waals surface area contributed by atoms with Gasteiger partial charge in [-0.1, -0.05) is 13.8 Å². The van der Waals surface area contributed by atoms with Crippen LogP contribution >= 0.6 is 0 Å². The number of piperidine rings is 1. The Morgan fingerprint density at radius 2 is 2.11 bits per heavy atom. The summed E-state index contributed by atoms with van der Waals surface area (Å²) in [5, 5.41) is 2.65. The third kappa shape index (κ3) is 4.64. The lowest BCUT2D eigenvalue weighted by molar-refractivity contribution is -0.145. The molecule has 1 aliphatic rings. The van der Waals surface area contributed by atoms with E-state index in [0.717, 1.165) is 19.5 Å². The van der Waals surface area contributed by atoms with Gasteiger partial charge in [-0.3, -0.25) is 4.79 Å². The molecule has 0 bridgehead atoms. The van der Waals surface area contributed by atoms with E-state index < -0.39 is 6.04 Å². The molecular formula is C13H24N2O3. The van der Waals surface area contributed by atoms with E-state index in [-0.39, 0.29) is 17.3 Å². The summed E-state index contributed by atoms with van der Waals surface area (Å²) in [5.41, 5.74) is 0.273. The minimum atomic E-state index is -0.568. The van der Waals surface area contributed by atoms with Crippen LogP contribution in [0.1, 0.15) is 33.6 Å². The van der Waals surface area contributed by atoms with Crippen molar-refractivity contribution in [2.75, 3.05) is 26.7 Å². The van der Waals surface area contributed by atoms with Gasteiger partial charge in [-0.05, 0) is 24.8 Å². The van der Waals surface area contributed by atoms with E-state index in [1.165, 1.54) is 20.5 Å². The Hall–Kier alpha value is -1.10. The zero-order chi connectivity index (χ0) is 13.8. The highest BCUT2D eigenvalue weighted by atomic mass is 16.5. The smallest absolute Gasteiger partial charge is 0.329 e. The van der Waals surface area contributed by atoms with Crippen molar-refractivity contribution in [3.8, 4) is 0 Å². The number of carbonyl (C=O) groups excluding carboxylic acids is 2. The first-order valence-electron chi connectivity index (χ1n) is 6.41. The maximum absolute atomic E-state index is 11.6. The predicted octanol–water partition coefficient (Wildman–Crippen LogP) is 0.786. The normalized spacial score (nSPS) is 21.1. The third-order valence-electron chi connectivity index (χ3n) is 3.28. The summed E-state index contributed by atoms with van der Waals surface area (Å²) in [5.74, 6) is -0.588. The van der Waals surface area contributed by atoms with Gasteiger partial charge in [-0.2, -0.15) is 0 Å². The molecule has 0 saturated carbocycles. The largest absolute Gasteiger partial charge is 0.467 e. The van der Waals surface area contributed by atoms with Gasteiger partial charge in [0.25, 0.3) is 0 Å². The van der Waals surface area contributed by atoms with E-state index in [1.807, 2.05) is 0 Å². The summed E-state index contributed by atoms with van der Waals surface area (Å²) >= 11 is 0. The number of hydrogen-bond acceptors (Lipinski definition) is 4. The minimum Gasteiger partial charge on any atom is -0.467 e. The highest BCUT2D eigenvalue weighted by molar-refractivity contribution is 5.83. The number of likely N-dealkylation sites (tertiary alicyclic amines) is 1. The van der Waals surface area contributed by atoms with Gasteiger partial charge in [0, 0.05) is 20.0 Å². The second-order valence-corrected chi connectivity index (χ2v) is 5.78. The lowest BCUT2D eigenvalue weighted by Crippen LogP contribution is -2.51. The van der Waals surface area contributed by atoms with Crippen LogP contribution in [0.3, 0.4) is 0 Å². The molecular weight excluding hydrogens is 232 g/mol. The lowest BCUT2D eigenvalue weighted by Gasteiger charge is -2.39. The number of methoxy groups -OCH3 is 1. The fourth-order valence-corrected chi connectivity index (χ4v) is 2.53. The second-order valence-electron chi connectivity index (χ2n) is 5.78. The lowest BCUT2D eigenvalue weighted by atomic mass is 9.84. The topological polar surface area (TPSA) is 58.6 Å². The Morgan fingerprint density at radius 1 is 1.44 bits per heavy atom. The number of rotatable bonds is 4. The summed E-state index contributed by atoms with van der Waals surface area (Å²) < 4.78 is 4.73. The molecule has 1 amide bonds. The van der Waals surface area contributed by atoms with E-state index in [4.69, 9.17) is 4.74 Å². The number of ether oxygens (including phenoxy) is 1. The molecule has 5 heteroatoms. The van der Waals surface area contributed by atoms with Crippen LogP contribution in [-0.2, 0) is 14.3 Å². The van der Waals surface area contributed by atoms with Crippen LogP contribution in [0.15, 0.2) is 0 Å². The maximum Gasteiger partial charge on any atom is 0.329 e. The summed E-state index contributed by atoms with van der Waals surface area (Å²) in [7, 11) is 1.34. The van der Waals surface area contributed by atoms with Crippen molar-refractivity contribution in [2.24, 2.45) is 5.41 Å². The van der Waals surface area contributed by atoms with Crippen molar-refractivity contribution in [1.29, 1.82) is 0 Å². The van der Waals surface area contributed by atoms with Gasteiger partial charge in [-0.25, -0.2) is 4.79 Å². The maximum atomic E-state index is 11.6. The molecule has 104 valence electrons. The number of nitrogens with zero attached hydrogens (tertiary/aromatic N) is 1. The van der Waals surface area contributed by atoms with Crippen LogP contribution in [0.4, 0.5) is 0 Å². The molecule has 0 aromatic rings. The standard InChI is InChI=1S/C13H24N2O3/c1-10(16)14-11(12(17)18-4)8-15-7-5-6-13(2,3)9-15/h11H,5-9H2,1-4H3,(H,14,16). The van der Waals surface area contributed by atoms with Gasteiger partial charge in [0.2, 0.25) is 5.91 Å². The van der Waals surface area contributed by atoms with Crippen molar-refractivity contribution < 1.29 is 14.3 Å². The molecule has 1 saturated heterocycles. The molecule has 0 spiro atoms. The van der Waals surface area contributed by atoms with E-state index in [2.05, 4.69) is 24.1 Å². The predicted molar refractivity (Wildman–Crippen MR) is 69.1 cm³/mol. The molecule has 0 aromatic heterocycles. The average molecular weight is 256 g/mol. The molecule has 1 atom stereocenters. The van der Waals surface area contributed by atoms with Gasteiger partial charge in [-0.15, -0.1) is 0 Å². The molecule has 0 aliphatic carbocycles. The zero-order valence-electron chi connectivity index (χ0n) is 11.8. The van der Waals surface area contributed by atoms with Crippen LogP contribution < -0.4 is 5.32 Å². The van der Waals surface area contributed by atoms with Crippen LogP contribution in [0.25, 0.3) is 0 Å². The third-order valence-corrected chi connectivity index (χ3v) is 3.28. The molecule has 1 fully saturated rings. The first-order valence-corrected chi connectivity index (χ1v) is 6.41. The Morgan fingerprint density at radius 3 is 2.61 bits per heavy atom. The number of amides is 1.